The monoisotopic (exact) mass is 401 g/mol. The highest BCUT2D eigenvalue weighted by atomic mass is 35.5. The van der Waals surface area contributed by atoms with Gasteiger partial charge in [-0.1, -0.05) is 29.8 Å². The molecule has 0 atom stereocenters. The molecule has 0 saturated heterocycles. The molecule has 0 unspecified atom stereocenters. The van der Waals surface area contributed by atoms with E-state index in [0.29, 0.717) is 23.4 Å². The predicted octanol–water partition coefficient (Wildman–Crippen LogP) is 5.43. The van der Waals surface area contributed by atoms with Gasteiger partial charge in [0.25, 0.3) is 0 Å². The van der Waals surface area contributed by atoms with E-state index >= 15 is 0 Å². The van der Waals surface area contributed by atoms with Crippen LogP contribution in [0, 0.1) is 6.92 Å². The minimum absolute atomic E-state index is 0.186. The molecule has 1 N–H and O–H groups in total. The van der Waals surface area contributed by atoms with Gasteiger partial charge in [0.1, 0.15) is 0 Å². The molecule has 0 aliphatic heterocycles. The first-order valence-corrected chi connectivity index (χ1v) is 10.1. The zero-order valence-electron chi connectivity index (χ0n) is 15.0. The second kappa shape index (κ2) is 9.11. The molecular weight excluding hydrogens is 382 g/mol. The van der Waals surface area contributed by atoms with E-state index < -0.39 is 0 Å². The van der Waals surface area contributed by atoms with E-state index in [0.717, 1.165) is 27.2 Å². The Morgan fingerprint density at radius 3 is 2.63 bits per heavy atom. The summed E-state index contributed by atoms with van der Waals surface area (Å²) in [6, 6.07) is 15.2. The van der Waals surface area contributed by atoms with E-state index in [1.165, 1.54) is 0 Å². The molecule has 1 heterocycles. The van der Waals surface area contributed by atoms with Crippen molar-refractivity contribution in [2.24, 2.45) is 0 Å². The van der Waals surface area contributed by atoms with Gasteiger partial charge in [0.15, 0.2) is 6.61 Å². The Labute approximate surface area is 167 Å². The van der Waals surface area contributed by atoms with Crippen LogP contribution < -0.4 is 0 Å². The largest absolute Gasteiger partial charge is 0.457 e. The van der Waals surface area contributed by atoms with Crippen molar-refractivity contribution in [2.45, 2.75) is 24.7 Å². The summed E-state index contributed by atoms with van der Waals surface area (Å²) in [6.45, 7) is 1.62. The Hall–Kier alpha value is -2.24. The molecule has 140 valence electrons. The molecule has 0 aliphatic carbocycles. The molecule has 0 aliphatic rings. The van der Waals surface area contributed by atoms with E-state index in [1.807, 2.05) is 55.5 Å². The number of carbonyl (C=O) groups is 2. The van der Waals surface area contributed by atoms with Gasteiger partial charge in [0.05, 0.1) is 0 Å². The highest BCUT2D eigenvalue weighted by Crippen LogP contribution is 2.23. The number of aryl methyl sites for hydroxylation is 1. The second-order valence-corrected chi connectivity index (χ2v) is 7.77. The zero-order valence-corrected chi connectivity index (χ0v) is 16.5. The fourth-order valence-corrected chi connectivity index (χ4v) is 3.84. The topological polar surface area (TPSA) is 59.2 Å². The van der Waals surface area contributed by atoms with Crippen LogP contribution in [-0.4, -0.2) is 29.1 Å². The number of hydrogen-bond donors (Lipinski definition) is 1. The van der Waals surface area contributed by atoms with E-state index in [2.05, 4.69) is 4.98 Å². The van der Waals surface area contributed by atoms with Gasteiger partial charge in [-0.15, -0.1) is 11.8 Å². The van der Waals surface area contributed by atoms with Crippen molar-refractivity contribution in [3.63, 3.8) is 0 Å². The van der Waals surface area contributed by atoms with Crippen molar-refractivity contribution in [3.8, 4) is 0 Å². The summed E-state index contributed by atoms with van der Waals surface area (Å²) in [5.74, 6) is 0.262. The molecule has 0 amide bonds. The Morgan fingerprint density at radius 2 is 1.85 bits per heavy atom. The lowest BCUT2D eigenvalue weighted by molar-refractivity contribution is -0.142. The predicted molar refractivity (Wildman–Crippen MR) is 110 cm³/mol. The molecular formula is C21H20ClNO3S. The Balaban J connectivity index is 1.44. The average molecular weight is 402 g/mol. The number of aromatic amines is 1. The van der Waals surface area contributed by atoms with Crippen LogP contribution in [0.3, 0.4) is 0 Å². The number of carbonyl (C=O) groups excluding carboxylic acids is 2. The van der Waals surface area contributed by atoms with E-state index in [-0.39, 0.29) is 18.4 Å². The third kappa shape index (κ3) is 5.15. The van der Waals surface area contributed by atoms with Crippen molar-refractivity contribution in [1.29, 1.82) is 0 Å². The summed E-state index contributed by atoms with van der Waals surface area (Å²) in [5, 5.41) is 1.56. The number of esters is 1. The number of rotatable bonds is 8. The summed E-state index contributed by atoms with van der Waals surface area (Å²) in [7, 11) is 0. The van der Waals surface area contributed by atoms with Gasteiger partial charge in [-0.25, -0.2) is 0 Å². The van der Waals surface area contributed by atoms with Gasteiger partial charge in [-0.3, -0.25) is 9.59 Å². The zero-order chi connectivity index (χ0) is 19.2. The SMILES string of the molecule is Cc1[nH]c2ccccc2c1C(=O)COC(=O)CCCSc1ccc(Cl)cc1. The van der Waals surface area contributed by atoms with Crippen LogP contribution in [0.1, 0.15) is 28.9 Å². The molecule has 27 heavy (non-hydrogen) atoms. The lowest BCUT2D eigenvalue weighted by Gasteiger charge is -2.05. The minimum Gasteiger partial charge on any atom is -0.457 e. The fraction of sp³-hybridized carbons (Fsp3) is 0.238. The quantitative estimate of drug-likeness (QED) is 0.237. The number of H-pyrrole nitrogens is 1. The van der Waals surface area contributed by atoms with Gasteiger partial charge in [0.2, 0.25) is 5.78 Å². The molecule has 1 aromatic heterocycles. The first kappa shape index (κ1) is 19.5. The van der Waals surface area contributed by atoms with Gasteiger partial charge in [-0.05, 0) is 49.4 Å². The van der Waals surface area contributed by atoms with E-state index in [9.17, 15) is 9.59 Å². The number of para-hydroxylation sites is 1. The Bertz CT molecular complexity index is 950. The van der Waals surface area contributed by atoms with Gasteiger partial charge < -0.3 is 9.72 Å². The number of ketones is 1. The summed E-state index contributed by atoms with van der Waals surface area (Å²) in [4.78, 5) is 28.7. The molecule has 6 heteroatoms. The molecule has 0 saturated carbocycles. The van der Waals surface area contributed by atoms with Crippen LogP contribution in [0.5, 0.6) is 0 Å². The van der Waals surface area contributed by atoms with E-state index in [1.54, 1.807) is 11.8 Å². The van der Waals surface area contributed by atoms with Crippen molar-refractivity contribution < 1.29 is 14.3 Å². The third-order valence-corrected chi connectivity index (χ3v) is 5.49. The maximum Gasteiger partial charge on any atom is 0.306 e. The molecule has 4 nitrogen and oxygen atoms in total. The number of fused-ring (bicyclic) bond motifs is 1. The summed E-state index contributed by atoms with van der Waals surface area (Å²) < 4.78 is 5.17. The van der Waals surface area contributed by atoms with Gasteiger partial charge in [-0.2, -0.15) is 0 Å². The van der Waals surface area contributed by atoms with Gasteiger partial charge in [0, 0.05) is 38.5 Å². The standard InChI is InChI=1S/C21H20ClNO3S/c1-14-21(17-5-2-3-6-18(17)23-14)19(24)13-26-20(25)7-4-12-27-16-10-8-15(22)9-11-16/h2-3,5-6,8-11,23H,4,7,12-13H2,1H3. The maximum absolute atomic E-state index is 12.5. The van der Waals surface area contributed by atoms with Crippen molar-refractivity contribution in [1.82, 2.24) is 4.98 Å². The van der Waals surface area contributed by atoms with Crippen LogP contribution in [0.15, 0.2) is 53.4 Å². The van der Waals surface area contributed by atoms with Crippen molar-refractivity contribution >= 4 is 46.0 Å². The number of aromatic nitrogens is 1. The number of ether oxygens (including phenoxy) is 1. The Morgan fingerprint density at radius 1 is 1.11 bits per heavy atom. The maximum atomic E-state index is 12.5. The number of halogens is 1. The summed E-state index contributed by atoms with van der Waals surface area (Å²) in [5.41, 5.74) is 2.29. The molecule has 3 aromatic rings. The van der Waals surface area contributed by atoms with Crippen molar-refractivity contribution in [3.05, 3.63) is 64.8 Å². The Kier molecular flexibility index (Phi) is 6.58. The molecule has 0 bridgehead atoms. The van der Waals surface area contributed by atoms with Crippen LogP contribution in [-0.2, 0) is 9.53 Å². The molecule has 0 spiro atoms. The fourth-order valence-electron chi connectivity index (χ4n) is 2.86. The number of nitrogens with one attached hydrogen (secondary N) is 1. The summed E-state index contributed by atoms with van der Waals surface area (Å²) >= 11 is 7.51. The molecule has 2 aromatic carbocycles. The van der Waals surface area contributed by atoms with E-state index in [4.69, 9.17) is 16.3 Å². The lowest BCUT2D eigenvalue weighted by Crippen LogP contribution is -2.14. The van der Waals surface area contributed by atoms with Crippen LogP contribution in [0.2, 0.25) is 5.02 Å². The average Bonchev–Trinajstić information content (AvgIpc) is 3.00. The number of thioether (sulfide) groups is 1. The first-order chi connectivity index (χ1) is 13.0. The van der Waals surface area contributed by atoms with Crippen LogP contribution in [0.25, 0.3) is 10.9 Å². The highest BCUT2D eigenvalue weighted by molar-refractivity contribution is 7.99. The highest BCUT2D eigenvalue weighted by Gasteiger charge is 2.17. The third-order valence-electron chi connectivity index (χ3n) is 4.14. The summed E-state index contributed by atoms with van der Waals surface area (Å²) in [6.07, 6.45) is 0.979. The smallest absolute Gasteiger partial charge is 0.306 e. The van der Waals surface area contributed by atoms with Gasteiger partial charge >= 0.3 is 5.97 Å². The minimum atomic E-state index is -0.349. The number of Topliss-reactive ketones (excluding diaryl/α,β-unsaturated/α-hetero) is 1. The molecule has 0 radical (unpaired) electrons. The first-order valence-electron chi connectivity index (χ1n) is 8.69. The second-order valence-electron chi connectivity index (χ2n) is 6.16. The van der Waals surface area contributed by atoms with Crippen molar-refractivity contribution in [2.75, 3.05) is 12.4 Å². The number of benzene rings is 2. The number of hydrogen-bond acceptors (Lipinski definition) is 4. The van der Waals surface area contributed by atoms with Crippen LogP contribution in [0.4, 0.5) is 0 Å². The normalized spacial score (nSPS) is 10.9. The molecule has 3 rings (SSSR count). The van der Waals surface area contributed by atoms with Crippen LogP contribution >= 0.6 is 23.4 Å². The molecule has 0 fully saturated rings. The lowest BCUT2D eigenvalue weighted by atomic mass is 10.1.